The van der Waals surface area contributed by atoms with E-state index in [2.05, 4.69) is 238 Å². The Morgan fingerprint density at radius 2 is 0.754 bits per heavy atom. The molecule has 0 N–H and O–H groups in total. The second-order valence-electron chi connectivity index (χ2n) is 17.7. The second-order valence-corrected chi connectivity index (χ2v) is 17.7. The van der Waals surface area contributed by atoms with Crippen LogP contribution in [0.5, 0.6) is 0 Å². The predicted molar refractivity (Wildman–Crippen MR) is 287 cm³/mol. The number of fused-ring (bicyclic) bond motifs is 10. The van der Waals surface area contributed by atoms with Crippen molar-refractivity contribution in [2.24, 2.45) is 0 Å². The van der Waals surface area contributed by atoms with Crippen molar-refractivity contribution in [1.82, 2.24) is 23.7 Å². The van der Waals surface area contributed by atoms with E-state index in [4.69, 9.17) is 9.97 Å². The monoisotopic (exact) mass is 879 g/mol. The Morgan fingerprint density at radius 3 is 1.43 bits per heavy atom. The van der Waals surface area contributed by atoms with Gasteiger partial charge in [0, 0.05) is 66.1 Å². The van der Waals surface area contributed by atoms with Crippen LogP contribution in [0.4, 0.5) is 0 Å². The number of benzene rings is 10. The first kappa shape index (κ1) is 38.9. The lowest BCUT2D eigenvalue weighted by molar-refractivity contribution is 1.16. The SMILES string of the molecule is c1ccc(-c2cc(-c3ccc(-n4c5ccc(-n6c7ccccc7c7ccccc76)cc5c5ccc6c(c7ccccc7n6-c6ccccc6)c54)cc3-c3ccccc3)nc(-c3ccccc3)n2)cc1. The van der Waals surface area contributed by atoms with Crippen molar-refractivity contribution >= 4 is 65.4 Å². The summed E-state index contributed by atoms with van der Waals surface area (Å²) in [7, 11) is 0. The molecule has 0 radical (unpaired) electrons. The lowest BCUT2D eigenvalue weighted by Crippen LogP contribution is -2.00. The highest BCUT2D eigenvalue weighted by molar-refractivity contribution is 6.26. The molecule has 14 rings (SSSR count). The topological polar surface area (TPSA) is 40.6 Å². The number of nitrogens with zero attached hydrogens (tertiary/aromatic N) is 5. The summed E-state index contributed by atoms with van der Waals surface area (Å²) >= 11 is 0. The van der Waals surface area contributed by atoms with Crippen LogP contribution in [-0.4, -0.2) is 23.7 Å². The Morgan fingerprint density at radius 1 is 0.261 bits per heavy atom. The van der Waals surface area contributed by atoms with Crippen LogP contribution in [0.3, 0.4) is 0 Å². The molecule has 69 heavy (non-hydrogen) atoms. The highest BCUT2D eigenvalue weighted by atomic mass is 15.0. The van der Waals surface area contributed by atoms with Gasteiger partial charge in [-0.15, -0.1) is 0 Å². The van der Waals surface area contributed by atoms with E-state index in [9.17, 15) is 0 Å². The van der Waals surface area contributed by atoms with Gasteiger partial charge in [0.2, 0.25) is 0 Å². The van der Waals surface area contributed by atoms with Crippen LogP contribution >= 0.6 is 0 Å². The zero-order valence-electron chi connectivity index (χ0n) is 37.4. The van der Waals surface area contributed by atoms with Crippen molar-refractivity contribution in [1.29, 1.82) is 0 Å². The molecule has 4 heterocycles. The van der Waals surface area contributed by atoms with Gasteiger partial charge < -0.3 is 13.7 Å². The van der Waals surface area contributed by atoms with E-state index in [0.717, 1.165) is 67.3 Å². The third-order valence-electron chi connectivity index (χ3n) is 13.8. The van der Waals surface area contributed by atoms with Gasteiger partial charge in [0.25, 0.3) is 0 Å². The van der Waals surface area contributed by atoms with Crippen molar-refractivity contribution in [3.8, 4) is 62.1 Å². The summed E-state index contributed by atoms with van der Waals surface area (Å²) in [5.74, 6) is 0.689. The standard InChI is InChI=1S/C64H41N5/c1-5-19-42(20-6-1)53-39-47(33-35-48(53)56-41-55(43-21-7-2-8-22-43)65-64(66-56)44-23-9-3-10-24-44)69-60-37-34-46(68-57-30-16-13-27-49(57)50-28-14-17-31-58(50)68)40-54(60)51-36-38-61-62(63(51)69)52-29-15-18-32-59(52)67(61)45-25-11-4-12-26-45/h1-41H. The van der Waals surface area contributed by atoms with Crippen molar-refractivity contribution in [2.75, 3.05) is 0 Å². The molecule has 0 aliphatic rings. The van der Waals surface area contributed by atoms with Crippen molar-refractivity contribution in [2.45, 2.75) is 0 Å². The Balaban J connectivity index is 1.08. The van der Waals surface area contributed by atoms with Gasteiger partial charge in [-0.2, -0.15) is 0 Å². The molecule has 14 aromatic rings. The normalized spacial score (nSPS) is 11.8. The Labute approximate surface area is 398 Å². The van der Waals surface area contributed by atoms with Gasteiger partial charge in [0.15, 0.2) is 5.82 Å². The Kier molecular flexibility index (Phi) is 8.83. The van der Waals surface area contributed by atoms with Crippen molar-refractivity contribution in [3.63, 3.8) is 0 Å². The summed E-state index contributed by atoms with van der Waals surface area (Å²) in [6, 6.07) is 89.3. The third kappa shape index (κ3) is 6.18. The number of aromatic nitrogens is 5. The van der Waals surface area contributed by atoms with Gasteiger partial charge in [0.1, 0.15) is 0 Å². The first-order valence-electron chi connectivity index (χ1n) is 23.5. The Hall–Kier alpha value is -9.32. The van der Waals surface area contributed by atoms with E-state index >= 15 is 0 Å². The summed E-state index contributed by atoms with van der Waals surface area (Å²) in [6.07, 6.45) is 0. The molecule has 5 heteroatoms. The van der Waals surface area contributed by atoms with Crippen LogP contribution in [0, 0.1) is 0 Å². The molecule has 0 fully saturated rings. The molecule has 322 valence electrons. The van der Waals surface area contributed by atoms with Gasteiger partial charge >= 0.3 is 0 Å². The Bertz CT molecular complexity index is 4170. The van der Waals surface area contributed by atoms with Gasteiger partial charge in [0.05, 0.1) is 44.5 Å². The highest BCUT2D eigenvalue weighted by Gasteiger charge is 2.24. The first-order valence-corrected chi connectivity index (χ1v) is 23.5. The van der Waals surface area contributed by atoms with Crippen LogP contribution in [0.2, 0.25) is 0 Å². The zero-order valence-corrected chi connectivity index (χ0v) is 37.4. The van der Waals surface area contributed by atoms with Gasteiger partial charge in [-0.1, -0.05) is 176 Å². The highest BCUT2D eigenvalue weighted by Crippen LogP contribution is 2.45. The summed E-state index contributed by atoms with van der Waals surface area (Å²) in [6.45, 7) is 0. The molecular weight excluding hydrogens is 839 g/mol. The maximum Gasteiger partial charge on any atom is 0.160 e. The summed E-state index contributed by atoms with van der Waals surface area (Å²) < 4.78 is 7.34. The molecule has 0 saturated carbocycles. The average molecular weight is 880 g/mol. The van der Waals surface area contributed by atoms with E-state index in [1.807, 2.05) is 24.3 Å². The lowest BCUT2D eigenvalue weighted by atomic mass is 9.95. The zero-order chi connectivity index (χ0) is 45.4. The second kappa shape index (κ2) is 15.7. The summed E-state index contributed by atoms with van der Waals surface area (Å²) in [5.41, 5.74) is 17.3. The number of rotatable bonds is 7. The summed E-state index contributed by atoms with van der Waals surface area (Å²) in [5, 5.41) is 7.28. The van der Waals surface area contributed by atoms with Gasteiger partial charge in [-0.05, 0) is 83.9 Å². The van der Waals surface area contributed by atoms with Crippen molar-refractivity contribution in [3.05, 3.63) is 249 Å². The molecule has 0 aliphatic heterocycles. The number of hydrogen-bond acceptors (Lipinski definition) is 2. The van der Waals surface area contributed by atoms with Crippen LogP contribution < -0.4 is 0 Å². The average Bonchev–Trinajstić information content (AvgIpc) is 4.07. The van der Waals surface area contributed by atoms with Crippen molar-refractivity contribution < 1.29 is 0 Å². The smallest absolute Gasteiger partial charge is 0.160 e. The molecular formula is C64H41N5. The maximum atomic E-state index is 5.34. The summed E-state index contributed by atoms with van der Waals surface area (Å²) in [4.78, 5) is 10.5. The minimum atomic E-state index is 0.689. The fourth-order valence-electron chi connectivity index (χ4n) is 10.8. The van der Waals surface area contributed by atoms with Crippen LogP contribution in [0.15, 0.2) is 249 Å². The van der Waals surface area contributed by atoms with E-state index in [0.29, 0.717) is 5.82 Å². The van der Waals surface area contributed by atoms with Crippen LogP contribution in [-0.2, 0) is 0 Å². The molecule has 0 atom stereocenters. The molecule has 0 saturated heterocycles. The predicted octanol–water partition coefficient (Wildman–Crippen LogP) is 16.4. The quantitative estimate of drug-likeness (QED) is 0.160. The lowest BCUT2D eigenvalue weighted by Gasteiger charge is -2.16. The number of hydrogen-bond donors (Lipinski definition) is 0. The fourth-order valence-corrected chi connectivity index (χ4v) is 10.8. The molecule has 0 unspecified atom stereocenters. The molecule has 0 spiro atoms. The van der Waals surface area contributed by atoms with E-state index in [1.54, 1.807) is 0 Å². The minimum absolute atomic E-state index is 0.689. The molecule has 4 aromatic heterocycles. The van der Waals surface area contributed by atoms with E-state index < -0.39 is 0 Å². The molecule has 0 bridgehead atoms. The minimum Gasteiger partial charge on any atom is -0.309 e. The molecule has 0 amide bonds. The molecule has 5 nitrogen and oxygen atoms in total. The largest absolute Gasteiger partial charge is 0.309 e. The van der Waals surface area contributed by atoms with Gasteiger partial charge in [-0.3, -0.25) is 0 Å². The first-order chi connectivity index (χ1) is 34.2. The van der Waals surface area contributed by atoms with Crippen LogP contribution in [0.1, 0.15) is 0 Å². The van der Waals surface area contributed by atoms with Gasteiger partial charge in [-0.25, -0.2) is 9.97 Å². The molecule has 10 aromatic carbocycles. The molecule has 0 aliphatic carbocycles. The fraction of sp³-hybridized carbons (Fsp3) is 0. The maximum absolute atomic E-state index is 5.34. The van der Waals surface area contributed by atoms with Crippen LogP contribution in [0.25, 0.3) is 128 Å². The third-order valence-corrected chi connectivity index (χ3v) is 13.8. The number of para-hydroxylation sites is 4. The van der Waals surface area contributed by atoms with E-state index in [-0.39, 0.29) is 0 Å². The van der Waals surface area contributed by atoms with E-state index in [1.165, 1.54) is 54.4 Å².